The van der Waals surface area contributed by atoms with Crippen molar-refractivity contribution in [2.75, 3.05) is 13.2 Å². The zero-order chi connectivity index (χ0) is 21.6. The van der Waals surface area contributed by atoms with Crippen molar-refractivity contribution in [2.24, 2.45) is 0 Å². The Balaban J connectivity index is 1.53. The number of benzene rings is 2. The Labute approximate surface area is 181 Å². The molecular weight excluding hydrogens is 397 g/mol. The maximum absolute atomic E-state index is 13.3. The molecule has 0 aliphatic carbocycles. The van der Waals surface area contributed by atoms with Crippen LogP contribution in [0.1, 0.15) is 30.5 Å². The van der Waals surface area contributed by atoms with Crippen molar-refractivity contribution in [2.45, 2.75) is 38.7 Å². The highest BCUT2D eigenvalue weighted by atomic mass is 19.1. The third-order valence-electron chi connectivity index (χ3n) is 5.32. The van der Waals surface area contributed by atoms with E-state index < -0.39 is 0 Å². The number of halogens is 1. The lowest BCUT2D eigenvalue weighted by Gasteiger charge is -2.12. The minimum atomic E-state index is -0.330. The largest absolute Gasteiger partial charge is 0.439 e. The van der Waals surface area contributed by atoms with Gasteiger partial charge in [-0.2, -0.15) is 5.10 Å². The van der Waals surface area contributed by atoms with Gasteiger partial charge in [0.15, 0.2) is 0 Å². The molecule has 0 saturated carbocycles. The van der Waals surface area contributed by atoms with Crippen LogP contribution in [0.4, 0.5) is 4.39 Å². The van der Waals surface area contributed by atoms with Crippen molar-refractivity contribution in [3.05, 3.63) is 71.7 Å². The Kier molecular flexibility index (Phi) is 6.62. The van der Waals surface area contributed by atoms with Crippen LogP contribution in [0.25, 0.3) is 5.69 Å². The van der Waals surface area contributed by atoms with Gasteiger partial charge in [0.2, 0.25) is 11.8 Å². The molecule has 3 aromatic rings. The fraction of sp³-hybridized carbons (Fsp3) is 0.333. The van der Waals surface area contributed by atoms with E-state index in [4.69, 9.17) is 9.47 Å². The van der Waals surface area contributed by atoms with Crippen molar-refractivity contribution in [1.29, 1.82) is 0 Å². The van der Waals surface area contributed by atoms with Crippen molar-refractivity contribution in [1.82, 2.24) is 15.1 Å². The molecule has 0 spiro atoms. The third kappa shape index (κ3) is 5.30. The van der Waals surface area contributed by atoms with E-state index in [2.05, 4.69) is 10.4 Å². The van der Waals surface area contributed by atoms with E-state index in [-0.39, 0.29) is 17.8 Å². The third-order valence-corrected chi connectivity index (χ3v) is 5.32. The fourth-order valence-corrected chi connectivity index (χ4v) is 3.65. The number of aryl methyl sites for hydroxylation is 1. The molecule has 162 valence electrons. The number of hydrogen-bond acceptors (Lipinski definition) is 4. The normalized spacial score (nSPS) is 15.7. The molecule has 31 heavy (non-hydrogen) atoms. The SMILES string of the molecule is Cc1nn(-c2ccccc2)c(Oc2ccc(F)cc2)c1CCC(=O)NCC1CCCO1. The van der Waals surface area contributed by atoms with Gasteiger partial charge in [-0.1, -0.05) is 18.2 Å². The molecule has 0 radical (unpaired) electrons. The Hall–Kier alpha value is -3.19. The van der Waals surface area contributed by atoms with Gasteiger partial charge in [-0.05, 0) is 62.6 Å². The summed E-state index contributed by atoms with van der Waals surface area (Å²) in [4.78, 5) is 12.4. The first-order valence-corrected chi connectivity index (χ1v) is 10.6. The highest BCUT2D eigenvalue weighted by Crippen LogP contribution is 2.31. The molecule has 1 aliphatic heterocycles. The van der Waals surface area contributed by atoms with Crippen LogP contribution < -0.4 is 10.1 Å². The fourth-order valence-electron chi connectivity index (χ4n) is 3.65. The standard InChI is InChI=1S/C24H26FN3O3/c1-17-22(13-14-23(29)26-16-21-8-5-15-30-21)24(31-20-11-9-18(25)10-12-20)28(27-17)19-6-3-2-4-7-19/h2-4,6-7,9-12,21H,5,8,13-16H2,1H3,(H,26,29). The smallest absolute Gasteiger partial charge is 0.226 e. The summed E-state index contributed by atoms with van der Waals surface area (Å²) >= 11 is 0. The van der Waals surface area contributed by atoms with Crippen LogP contribution in [0.5, 0.6) is 11.6 Å². The van der Waals surface area contributed by atoms with Gasteiger partial charge >= 0.3 is 0 Å². The molecule has 6 nitrogen and oxygen atoms in total. The van der Waals surface area contributed by atoms with E-state index in [0.29, 0.717) is 31.0 Å². The molecule has 1 aliphatic rings. The van der Waals surface area contributed by atoms with Gasteiger partial charge in [-0.3, -0.25) is 4.79 Å². The van der Waals surface area contributed by atoms with Crippen molar-refractivity contribution >= 4 is 5.91 Å². The summed E-state index contributed by atoms with van der Waals surface area (Å²) in [5, 5.41) is 7.60. The molecule has 7 heteroatoms. The maximum Gasteiger partial charge on any atom is 0.226 e. The van der Waals surface area contributed by atoms with Gasteiger partial charge in [0.25, 0.3) is 0 Å². The van der Waals surface area contributed by atoms with E-state index in [1.807, 2.05) is 37.3 Å². The molecule has 1 saturated heterocycles. The number of carbonyl (C=O) groups is 1. The average Bonchev–Trinajstić information content (AvgIpc) is 3.41. The number of nitrogens with one attached hydrogen (secondary N) is 1. The highest BCUT2D eigenvalue weighted by molar-refractivity contribution is 5.76. The molecular formula is C24H26FN3O3. The second kappa shape index (κ2) is 9.75. The summed E-state index contributed by atoms with van der Waals surface area (Å²) in [6.45, 7) is 3.21. The Bertz CT molecular complexity index is 1010. The molecule has 2 aromatic carbocycles. The number of aromatic nitrogens is 2. The maximum atomic E-state index is 13.3. The zero-order valence-corrected chi connectivity index (χ0v) is 17.5. The number of para-hydroxylation sites is 1. The summed E-state index contributed by atoms with van der Waals surface area (Å²) < 4.78 is 26.7. The van der Waals surface area contributed by atoms with E-state index >= 15 is 0 Å². The molecule has 1 aromatic heterocycles. The first-order chi connectivity index (χ1) is 15.1. The molecule has 1 N–H and O–H groups in total. The van der Waals surface area contributed by atoms with Gasteiger partial charge < -0.3 is 14.8 Å². The van der Waals surface area contributed by atoms with Gasteiger partial charge in [0.1, 0.15) is 11.6 Å². The number of amides is 1. The topological polar surface area (TPSA) is 65.4 Å². The van der Waals surface area contributed by atoms with Gasteiger partial charge in [0, 0.05) is 25.1 Å². The van der Waals surface area contributed by atoms with Crippen LogP contribution in [0, 0.1) is 12.7 Å². The molecule has 1 unspecified atom stereocenters. The minimum Gasteiger partial charge on any atom is -0.439 e. The minimum absolute atomic E-state index is 0.0323. The van der Waals surface area contributed by atoms with E-state index in [1.54, 1.807) is 16.8 Å². The number of rotatable bonds is 8. The lowest BCUT2D eigenvalue weighted by atomic mass is 10.1. The molecule has 1 atom stereocenters. The number of carbonyl (C=O) groups excluding carboxylic acids is 1. The van der Waals surface area contributed by atoms with Crippen LogP contribution in [-0.2, 0) is 16.0 Å². The molecule has 0 bridgehead atoms. The quantitative estimate of drug-likeness (QED) is 0.585. The number of hydrogen-bond donors (Lipinski definition) is 1. The summed E-state index contributed by atoms with van der Waals surface area (Å²) in [5.74, 6) is 0.670. The Morgan fingerprint density at radius 1 is 1.23 bits per heavy atom. The lowest BCUT2D eigenvalue weighted by molar-refractivity contribution is -0.121. The Morgan fingerprint density at radius 2 is 2.00 bits per heavy atom. The van der Waals surface area contributed by atoms with E-state index in [0.717, 1.165) is 36.4 Å². The van der Waals surface area contributed by atoms with Crippen molar-refractivity contribution < 1.29 is 18.7 Å². The predicted octanol–water partition coefficient (Wildman–Crippen LogP) is 4.34. The summed E-state index contributed by atoms with van der Waals surface area (Å²) in [7, 11) is 0. The monoisotopic (exact) mass is 423 g/mol. The van der Waals surface area contributed by atoms with Crippen molar-refractivity contribution in [3.63, 3.8) is 0 Å². The lowest BCUT2D eigenvalue weighted by Crippen LogP contribution is -2.31. The van der Waals surface area contributed by atoms with E-state index in [1.165, 1.54) is 12.1 Å². The summed E-state index contributed by atoms with van der Waals surface area (Å²) in [6.07, 6.45) is 2.94. The molecule has 1 amide bonds. The van der Waals surface area contributed by atoms with Gasteiger partial charge in [-0.25, -0.2) is 9.07 Å². The highest BCUT2D eigenvalue weighted by Gasteiger charge is 2.21. The van der Waals surface area contributed by atoms with Crippen LogP contribution in [0.3, 0.4) is 0 Å². The van der Waals surface area contributed by atoms with Crippen LogP contribution in [-0.4, -0.2) is 34.9 Å². The number of nitrogens with zero attached hydrogens (tertiary/aromatic N) is 2. The molecule has 1 fully saturated rings. The first-order valence-electron chi connectivity index (χ1n) is 10.6. The van der Waals surface area contributed by atoms with Crippen LogP contribution in [0.15, 0.2) is 54.6 Å². The van der Waals surface area contributed by atoms with Crippen LogP contribution >= 0.6 is 0 Å². The second-order valence-electron chi connectivity index (χ2n) is 7.61. The van der Waals surface area contributed by atoms with Gasteiger partial charge in [0.05, 0.1) is 17.5 Å². The Morgan fingerprint density at radius 3 is 2.71 bits per heavy atom. The second-order valence-corrected chi connectivity index (χ2v) is 7.61. The first kappa shape index (κ1) is 21.1. The summed E-state index contributed by atoms with van der Waals surface area (Å²) in [5.41, 5.74) is 2.48. The van der Waals surface area contributed by atoms with Gasteiger partial charge in [-0.15, -0.1) is 0 Å². The predicted molar refractivity (Wildman–Crippen MR) is 115 cm³/mol. The van der Waals surface area contributed by atoms with E-state index in [9.17, 15) is 9.18 Å². The molecule has 4 rings (SSSR count). The number of ether oxygens (including phenoxy) is 2. The van der Waals surface area contributed by atoms with Crippen LogP contribution in [0.2, 0.25) is 0 Å². The molecule has 2 heterocycles. The van der Waals surface area contributed by atoms with Crippen molar-refractivity contribution in [3.8, 4) is 17.3 Å². The average molecular weight is 423 g/mol. The zero-order valence-electron chi connectivity index (χ0n) is 17.5. The summed E-state index contributed by atoms with van der Waals surface area (Å²) in [6, 6.07) is 15.5.